The van der Waals surface area contributed by atoms with Crippen molar-refractivity contribution < 1.29 is 19.1 Å². The molecule has 0 aromatic heterocycles. The fourth-order valence-corrected chi connectivity index (χ4v) is 1.85. The zero-order valence-electron chi connectivity index (χ0n) is 14.4. The largest absolute Gasteiger partial charge is 0.465 e. The van der Waals surface area contributed by atoms with E-state index in [2.05, 4.69) is 5.32 Å². The smallest absolute Gasteiger partial charge is 0.407 e. The van der Waals surface area contributed by atoms with E-state index in [1.54, 1.807) is 12.1 Å². The van der Waals surface area contributed by atoms with Gasteiger partial charge in [-0.1, -0.05) is 18.2 Å². The number of amides is 1. The minimum atomic E-state index is -0.495. The third-order valence-electron chi connectivity index (χ3n) is 2.98. The van der Waals surface area contributed by atoms with E-state index in [1.165, 1.54) is 7.11 Å². The molecule has 23 heavy (non-hydrogen) atoms. The van der Waals surface area contributed by atoms with E-state index < -0.39 is 11.7 Å². The molecule has 1 rings (SSSR count). The van der Waals surface area contributed by atoms with Crippen molar-refractivity contribution in [1.29, 1.82) is 0 Å². The van der Waals surface area contributed by atoms with Crippen molar-refractivity contribution in [3.8, 4) is 0 Å². The summed E-state index contributed by atoms with van der Waals surface area (Å²) >= 11 is 0. The SMILES string of the molecule is COC(=O)c1ccc(C)c(C=CCCNC(=O)OC(C)(C)C)c1. The summed E-state index contributed by atoms with van der Waals surface area (Å²) < 4.78 is 9.87. The molecule has 0 saturated carbocycles. The van der Waals surface area contributed by atoms with Gasteiger partial charge in [-0.25, -0.2) is 9.59 Å². The number of nitrogens with one attached hydrogen (secondary N) is 1. The number of ether oxygens (including phenoxy) is 2. The molecule has 126 valence electrons. The highest BCUT2D eigenvalue weighted by molar-refractivity contribution is 5.90. The van der Waals surface area contributed by atoms with Crippen molar-refractivity contribution in [1.82, 2.24) is 5.32 Å². The van der Waals surface area contributed by atoms with Crippen molar-refractivity contribution >= 4 is 18.1 Å². The first-order valence-electron chi connectivity index (χ1n) is 7.55. The van der Waals surface area contributed by atoms with Crippen LogP contribution in [0.5, 0.6) is 0 Å². The predicted molar refractivity (Wildman–Crippen MR) is 90.4 cm³/mol. The van der Waals surface area contributed by atoms with Crippen LogP contribution in [0.15, 0.2) is 24.3 Å². The number of alkyl carbamates (subject to hydrolysis) is 1. The van der Waals surface area contributed by atoms with Crippen LogP contribution in [0.1, 0.15) is 48.7 Å². The zero-order chi connectivity index (χ0) is 17.5. The quantitative estimate of drug-likeness (QED) is 0.664. The van der Waals surface area contributed by atoms with Crippen LogP contribution >= 0.6 is 0 Å². The molecule has 1 aromatic carbocycles. The average molecular weight is 319 g/mol. The van der Waals surface area contributed by atoms with Crippen LogP contribution in [0.3, 0.4) is 0 Å². The first-order valence-corrected chi connectivity index (χ1v) is 7.55. The van der Waals surface area contributed by atoms with Gasteiger partial charge in [-0.05, 0) is 57.4 Å². The highest BCUT2D eigenvalue weighted by atomic mass is 16.6. The van der Waals surface area contributed by atoms with Crippen molar-refractivity contribution in [3.05, 3.63) is 41.0 Å². The molecule has 1 amide bonds. The predicted octanol–water partition coefficient (Wildman–Crippen LogP) is 3.71. The monoisotopic (exact) mass is 319 g/mol. The summed E-state index contributed by atoms with van der Waals surface area (Å²) in [4.78, 5) is 23.0. The van der Waals surface area contributed by atoms with Gasteiger partial charge in [0.1, 0.15) is 5.60 Å². The molecule has 0 unspecified atom stereocenters. The molecule has 0 aliphatic carbocycles. The molecule has 0 aliphatic rings. The maximum atomic E-state index is 11.5. The van der Waals surface area contributed by atoms with Gasteiger partial charge in [0, 0.05) is 6.54 Å². The maximum Gasteiger partial charge on any atom is 0.407 e. The van der Waals surface area contributed by atoms with Gasteiger partial charge in [0.2, 0.25) is 0 Å². The molecular formula is C18H25NO4. The van der Waals surface area contributed by atoms with E-state index in [-0.39, 0.29) is 5.97 Å². The van der Waals surface area contributed by atoms with Crippen LogP contribution in [0.2, 0.25) is 0 Å². The van der Waals surface area contributed by atoms with Gasteiger partial charge in [-0.15, -0.1) is 0 Å². The van der Waals surface area contributed by atoms with Crippen LogP contribution in [-0.2, 0) is 9.47 Å². The van der Waals surface area contributed by atoms with Crippen molar-refractivity contribution in [2.75, 3.05) is 13.7 Å². The Hall–Kier alpha value is -2.30. The number of carbonyl (C=O) groups is 2. The van der Waals surface area contributed by atoms with Crippen molar-refractivity contribution in [2.45, 2.75) is 39.7 Å². The van der Waals surface area contributed by atoms with Gasteiger partial charge in [0.15, 0.2) is 0 Å². The minimum Gasteiger partial charge on any atom is -0.465 e. The van der Waals surface area contributed by atoms with E-state index in [1.807, 2.05) is 45.9 Å². The highest BCUT2D eigenvalue weighted by Gasteiger charge is 2.15. The molecule has 0 heterocycles. The maximum absolute atomic E-state index is 11.5. The normalized spacial score (nSPS) is 11.3. The lowest BCUT2D eigenvalue weighted by atomic mass is 10.0. The Morgan fingerprint density at radius 2 is 1.96 bits per heavy atom. The molecule has 1 aromatic rings. The third-order valence-corrected chi connectivity index (χ3v) is 2.98. The first-order chi connectivity index (χ1) is 10.7. The molecular weight excluding hydrogens is 294 g/mol. The molecule has 0 fully saturated rings. The summed E-state index contributed by atoms with van der Waals surface area (Å²) in [5, 5.41) is 2.69. The number of esters is 1. The Bertz CT molecular complexity index is 585. The summed E-state index contributed by atoms with van der Waals surface area (Å²) in [5.41, 5.74) is 2.04. The molecule has 0 spiro atoms. The lowest BCUT2D eigenvalue weighted by molar-refractivity contribution is 0.0527. The standard InChI is InChI=1S/C18H25NO4/c1-13-9-10-15(16(20)22-5)12-14(13)8-6-7-11-19-17(21)23-18(2,3)4/h6,8-10,12H,7,11H2,1-5H3,(H,19,21). The van der Waals surface area contributed by atoms with Gasteiger partial charge in [-0.3, -0.25) is 0 Å². The lowest BCUT2D eigenvalue weighted by Gasteiger charge is -2.19. The fourth-order valence-electron chi connectivity index (χ4n) is 1.85. The van der Waals surface area contributed by atoms with E-state index in [4.69, 9.17) is 9.47 Å². The van der Waals surface area contributed by atoms with Crippen LogP contribution in [-0.4, -0.2) is 31.3 Å². The number of carbonyl (C=O) groups excluding carboxylic acids is 2. The molecule has 0 atom stereocenters. The summed E-state index contributed by atoms with van der Waals surface area (Å²) in [5.74, 6) is -0.355. The summed E-state index contributed by atoms with van der Waals surface area (Å²) in [7, 11) is 1.36. The third kappa shape index (κ3) is 7.00. The second-order valence-corrected chi connectivity index (χ2v) is 6.18. The van der Waals surface area contributed by atoms with Crippen LogP contribution in [0.25, 0.3) is 6.08 Å². The Labute approximate surface area is 137 Å². The summed E-state index contributed by atoms with van der Waals surface area (Å²) in [6.07, 6.45) is 4.12. The molecule has 0 bridgehead atoms. The summed E-state index contributed by atoms with van der Waals surface area (Å²) in [6, 6.07) is 5.41. The fraction of sp³-hybridized carbons (Fsp3) is 0.444. The van der Waals surface area contributed by atoms with E-state index in [0.29, 0.717) is 18.5 Å². The Kier molecular flexibility index (Phi) is 6.82. The van der Waals surface area contributed by atoms with Gasteiger partial charge in [0.05, 0.1) is 12.7 Å². The molecule has 0 aliphatic heterocycles. The topological polar surface area (TPSA) is 64.6 Å². The van der Waals surface area contributed by atoms with Gasteiger partial charge >= 0.3 is 12.1 Å². The van der Waals surface area contributed by atoms with E-state index in [0.717, 1.165) is 11.1 Å². The molecule has 0 saturated heterocycles. The minimum absolute atomic E-state index is 0.355. The van der Waals surface area contributed by atoms with Crippen LogP contribution in [0.4, 0.5) is 4.79 Å². The van der Waals surface area contributed by atoms with E-state index in [9.17, 15) is 9.59 Å². The summed E-state index contributed by atoms with van der Waals surface area (Å²) in [6.45, 7) is 7.93. The number of aryl methyl sites for hydroxylation is 1. The molecule has 5 nitrogen and oxygen atoms in total. The second kappa shape index (κ2) is 8.36. The Morgan fingerprint density at radius 1 is 1.26 bits per heavy atom. The number of hydrogen-bond acceptors (Lipinski definition) is 4. The highest BCUT2D eigenvalue weighted by Crippen LogP contribution is 2.14. The molecule has 5 heteroatoms. The molecule has 1 N–H and O–H groups in total. The van der Waals surface area contributed by atoms with Crippen molar-refractivity contribution in [3.63, 3.8) is 0 Å². The molecule has 0 radical (unpaired) electrons. The number of methoxy groups -OCH3 is 1. The lowest BCUT2D eigenvalue weighted by Crippen LogP contribution is -2.32. The Morgan fingerprint density at radius 3 is 2.57 bits per heavy atom. The average Bonchev–Trinajstić information content (AvgIpc) is 2.46. The van der Waals surface area contributed by atoms with E-state index >= 15 is 0 Å². The first kappa shape index (κ1) is 18.7. The number of hydrogen-bond donors (Lipinski definition) is 1. The van der Waals surface area contributed by atoms with Crippen molar-refractivity contribution in [2.24, 2.45) is 0 Å². The second-order valence-electron chi connectivity index (χ2n) is 6.18. The van der Waals surface area contributed by atoms with Gasteiger partial charge in [-0.2, -0.15) is 0 Å². The number of benzene rings is 1. The van der Waals surface area contributed by atoms with Crippen LogP contribution < -0.4 is 5.32 Å². The van der Waals surface area contributed by atoms with Crippen LogP contribution in [0, 0.1) is 6.92 Å². The Balaban J connectivity index is 2.52. The van der Waals surface area contributed by atoms with Gasteiger partial charge < -0.3 is 14.8 Å². The van der Waals surface area contributed by atoms with Gasteiger partial charge in [0.25, 0.3) is 0 Å². The zero-order valence-corrected chi connectivity index (χ0v) is 14.4. The number of rotatable bonds is 5.